The standard InChI is InChI=1S/C16H31ClN6S/c1-9(2)7-10-8-13(19-18-10)15-22-23-14(20-21-16(23)24-15)11-5-3-4-6-12(11)17/h9-16,18-22H,3-8H2,1-2H3. The molecule has 0 bridgehead atoms. The van der Waals surface area contributed by atoms with Crippen molar-refractivity contribution >= 4 is 23.4 Å². The third kappa shape index (κ3) is 3.60. The molecule has 0 aromatic heterocycles. The van der Waals surface area contributed by atoms with Gasteiger partial charge in [-0.3, -0.25) is 10.9 Å². The lowest BCUT2D eigenvalue weighted by molar-refractivity contribution is 0.0909. The van der Waals surface area contributed by atoms with Crippen LogP contribution in [0.3, 0.4) is 0 Å². The van der Waals surface area contributed by atoms with Crippen molar-refractivity contribution in [3.05, 3.63) is 0 Å². The van der Waals surface area contributed by atoms with Crippen LogP contribution < -0.4 is 27.1 Å². The summed E-state index contributed by atoms with van der Waals surface area (Å²) in [5.41, 5.74) is 18.0. The lowest BCUT2D eigenvalue weighted by Crippen LogP contribution is -2.54. The van der Waals surface area contributed by atoms with Gasteiger partial charge in [-0.05, 0) is 31.6 Å². The largest absolute Gasteiger partial charge is 0.254 e. The third-order valence-corrected chi connectivity index (χ3v) is 7.60. The van der Waals surface area contributed by atoms with Crippen LogP contribution in [-0.2, 0) is 0 Å². The number of nitrogens with zero attached hydrogens (tertiary/aromatic N) is 1. The number of nitrogens with one attached hydrogen (secondary N) is 5. The number of hydrogen-bond donors (Lipinski definition) is 5. The lowest BCUT2D eigenvalue weighted by Gasteiger charge is -2.35. The van der Waals surface area contributed by atoms with E-state index in [1.165, 1.54) is 32.1 Å². The Morgan fingerprint density at radius 1 is 1.12 bits per heavy atom. The molecule has 3 heterocycles. The molecule has 5 N–H and O–H groups in total. The number of rotatable bonds is 4. The van der Waals surface area contributed by atoms with Crippen molar-refractivity contribution in [2.75, 3.05) is 0 Å². The first kappa shape index (κ1) is 17.8. The topological polar surface area (TPSA) is 63.4 Å². The normalized spacial score (nSPS) is 46.8. The van der Waals surface area contributed by atoms with Crippen LogP contribution in [0.2, 0.25) is 0 Å². The van der Waals surface area contributed by atoms with E-state index in [9.17, 15) is 0 Å². The van der Waals surface area contributed by atoms with E-state index in [1.54, 1.807) is 0 Å². The molecule has 7 atom stereocenters. The highest BCUT2D eigenvalue weighted by molar-refractivity contribution is 8.00. The first-order valence-corrected chi connectivity index (χ1v) is 10.9. The first-order valence-electron chi connectivity index (χ1n) is 9.48. The van der Waals surface area contributed by atoms with Crippen LogP contribution in [-0.4, -0.2) is 39.5 Å². The zero-order valence-electron chi connectivity index (χ0n) is 14.6. The van der Waals surface area contributed by atoms with Gasteiger partial charge in [-0.25, -0.2) is 16.3 Å². The zero-order chi connectivity index (χ0) is 16.7. The Balaban J connectivity index is 1.34. The molecule has 4 aliphatic rings. The van der Waals surface area contributed by atoms with E-state index in [2.05, 4.69) is 46.0 Å². The molecule has 4 fully saturated rings. The predicted octanol–water partition coefficient (Wildman–Crippen LogP) is 1.66. The van der Waals surface area contributed by atoms with Gasteiger partial charge in [0, 0.05) is 23.4 Å². The van der Waals surface area contributed by atoms with Crippen LogP contribution in [0.25, 0.3) is 0 Å². The summed E-state index contributed by atoms with van der Waals surface area (Å²) in [6.45, 7) is 4.58. The van der Waals surface area contributed by atoms with Crippen molar-refractivity contribution in [1.29, 1.82) is 0 Å². The van der Waals surface area contributed by atoms with Gasteiger partial charge in [0.15, 0.2) is 0 Å². The molecule has 0 aromatic rings. The molecule has 3 saturated heterocycles. The number of alkyl halides is 1. The summed E-state index contributed by atoms with van der Waals surface area (Å²) in [5, 5.41) is 3.05. The summed E-state index contributed by atoms with van der Waals surface area (Å²) in [7, 11) is 0. The van der Waals surface area contributed by atoms with E-state index < -0.39 is 0 Å². The van der Waals surface area contributed by atoms with Gasteiger partial charge in [0.1, 0.15) is 5.50 Å². The summed E-state index contributed by atoms with van der Waals surface area (Å²) >= 11 is 8.60. The molecule has 0 radical (unpaired) electrons. The van der Waals surface area contributed by atoms with Crippen LogP contribution in [0, 0.1) is 11.8 Å². The van der Waals surface area contributed by atoms with E-state index >= 15 is 0 Å². The number of fused-ring (bicyclic) bond motifs is 1. The smallest absolute Gasteiger partial charge is 0.136 e. The molecule has 0 amide bonds. The van der Waals surface area contributed by atoms with Crippen molar-refractivity contribution in [3.63, 3.8) is 0 Å². The molecule has 0 aromatic carbocycles. The average Bonchev–Trinajstić information content (AvgIpc) is 3.22. The van der Waals surface area contributed by atoms with Gasteiger partial charge in [-0.2, -0.15) is 5.01 Å². The van der Waals surface area contributed by atoms with Crippen LogP contribution in [0.4, 0.5) is 0 Å². The number of hydrogen-bond acceptors (Lipinski definition) is 7. The van der Waals surface area contributed by atoms with Gasteiger partial charge < -0.3 is 0 Å². The Labute approximate surface area is 154 Å². The fourth-order valence-electron chi connectivity index (χ4n) is 4.55. The maximum Gasteiger partial charge on any atom is 0.136 e. The van der Waals surface area contributed by atoms with Crippen LogP contribution in [0.15, 0.2) is 0 Å². The van der Waals surface area contributed by atoms with Gasteiger partial charge in [-0.1, -0.05) is 26.7 Å². The Morgan fingerprint density at radius 3 is 2.75 bits per heavy atom. The monoisotopic (exact) mass is 374 g/mol. The molecule has 24 heavy (non-hydrogen) atoms. The molecule has 7 unspecified atom stereocenters. The molecule has 6 nitrogen and oxygen atoms in total. The quantitative estimate of drug-likeness (QED) is 0.480. The van der Waals surface area contributed by atoms with Crippen molar-refractivity contribution in [3.8, 4) is 0 Å². The highest BCUT2D eigenvalue weighted by Gasteiger charge is 2.49. The molecule has 0 spiro atoms. The summed E-state index contributed by atoms with van der Waals surface area (Å²) in [5.74, 6) is 1.24. The third-order valence-electron chi connectivity index (χ3n) is 5.73. The number of thioether (sulfide) groups is 1. The maximum atomic E-state index is 6.63. The highest BCUT2D eigenvalue weighted by Crippen LogP contribution is 2.38. The van der Waals surface area contributed by atoms with E-state index in [1.807, 2.05) is 11.8 Å². The minimum atomic E-state index is 0.282. The van der Waals surface area contributed by atoms with Gasteiger partial charge >= 0.3 is 0 Å². The molecule has 1 saturated carbocycles. The second-order valence-corrected chi connectivity index (χ2v) is 9.89. The Morgan fingerprint density at radius 2 is 1.96 bits per heavy atom. The summed E-state index contributed by atoms with van der Waals surface area (Å²) in [6, 6.07) is 1.05. The van der Waals surface area contributed by atoms with E-state index in [-0.39, 0.29) is 17.0 Å². The minimum absolute atomic E-state index is 0.282. The van der Waals surface area contributed by atoms with Crippen molar-refractivity contribution in [2.45, 2.75) is 86.9 Å². The Hall–Kier alpha value is 0.400. The van der Waals surface area contributed by atoms with E-state index in [0.717, 1.165) is 12.3 Å². The molecule has 8 heteroatoms. The first-order chi connectivity index (χ1) is 11.6. The SMILES string of the molecule is CC(C)CC1CC(C2NN3C(NNC3C3CCCCC3Cl)S2)NN1. The van der Waals surface area contributed by atoms with Crippen LogP contribution in [0.1, 0.15) is 52.4 Å². The highest BCUT2D eigenvalue weighted by atomic mass is 35.5. The average molecular weight is 375 g/mol. The van der Waals surface area contributed by atoms with Gasteiger partial charge in [0.25, 0.3) is 0 Å². The molecular formula is C16H31ClN6S. The Bertz CT molecular complexity index is 441. The van der Waals surface area contributed by atoms with E-state index in [0.29, 0.717) is 23.4 Å². The van der Waals surface area contributed by atoms with Gasteiger partial charge in [0.2, 0.25) is 0 Å². The summed E-state index contributed by atoms with van der Waals surface area (Å²) in [4.78, 5) is 0. The van der Waals surface area contributed by atoms with Gasteiger partial charge in [0.05, 0.1) is 11.5 Å². The lowest BCUT2D eigenvalue weighted by atomic mass is 9.86. The second-order valence-electron chi connectivity index (χ2n) is 8.10. The fourth-order valence-corrected chi connectivity index (χ4v) is 6.25. The number of halogens is 1. The van der Waals surface area contributed by atoms with Crippen molar-refractivity contribution < 1.29 is 0 Å². The second kappa shape index (κ2) is 7.56. The predicted molar refractivity (Wildman–Crippen MR) is 99.7 cm³/mol. The number of hydrazine groups is 3. The molecular weight excluding hydrogens is 344 g/mol. The molecule has 3 aliphatic heterocycles. The Kier molecular flexibility index (Phi) is 5.61. The van der Waals surface area contributed by atoms with Crippen LogP contribution >= 0.6 is 23.4 Å². The summed E-state index contributed by atoms with van der Waals surface area (Å²) in [6.07, 6.45) is 7.63. The van der Waals surface area contributed by atoms with Crippen molar-refractivity contribution in [1.82, 2.24) is 32.1 Å². The minimum Gasteiger partial charge on any atom is -0.254 e. The molecule has 4 rings (SSSR count). The van der Waals surface area contributed by atoms with Crippen LogP contribution in [0.5, 0.6) is 0 Å². The van der Waals surface area contributed by atoms with Crippen molar-refractivity contribution in [2.24, 2.45) is 11.8 Å². The zero-order valence-corrected chi connectivity index (χ0v) is 16.2. The maximum absolute atomic E-state index is 6.63. The molecule has 1 aliphatic carbocycles. The van der Waals surface area contributed by atoms with Gasteiger partial charge in [-0.15, -0.1) is 23.4 Å². The van der Waals surface area contributed by atoms with E-state index in [4.69, 9.17) is 11.6 Å². The summed E-state index contributed by atoms with van der Waals surface area (Å²) < 4.78 is 0. The molecule has 138 valence electrons. The fraction of sp³-hybridized carbons (Fsp3) is 1.00.